The minimum absolute atomic E-state index is 0.908. The van der Waals surface area contributed by atoms with Crippen molar-refractivity contribution in [1.82, 2.24) is 0 Å². The second kappa shape index (κ2) is 4.38. The van der Waals surface area contributed by atoms with Gasteiger partial charge >= 0.3 is 12.1 Å². The number of rotatable bonds is 4. The van der Waals surface area contributed by atoms with E-state index >= 15 is 0 Å². The SMILES string of the molecule is CC(C)C(C(=O)O)S(=O)(=O)CC(F)(F)F. The van der Waals surface area contributed by atoms with Gasteiger partial charge in [-0.3, -0.25) is 4.79 Å². The van der Waals surface area contributed by atoms with Gasteiger partial charge in [-0.05, 0) is 5.92 Å². The summed E-state index contributed by atoms with van der Waals surface area (Å²) in [7, 11) is -4.70. The zero-order valence-corrected chi connectivity index (χ0v) is 8.89. The van der Waals surface area contributed by atoms with E-state index in [2.05, 4.69) is 0 Å². The van der Waals surface area contributed by atoms with Crippen LogP contribution in [0.4, 0.5) is 13.2 Å². The zero-order valence-electron chi connectivity index (χ0n) is 8.08. The van der Waals surface area contributed by atoms with Crippen molar-refractivity contribution in [3.05, 3.63) is 0 Å². The molecule has 0 saturated carbocycles. The van der Waals surface area contributed by atoms with Crippen LogP contribution in [0.5, 0.6) is 0 Å². The number of aliphatic carboxylic acids is 1. The van der Waals surface area contributed by atoms with Crippen LogP contribution in [0.1, 0.15) is 13.8 Å². The lowest BCUT2D eigenvalue weighted by molar-refractivity contribution is -0.137. The molecule has 0 radical (unpaired) electrons. The number of hydrogen-bond donors (Lipinski definition) is 1. The number of carboxylic acid groups (broad SMARTS) is 1. The van der Waals surface area contributed by atoms with Crippen molar-refractivity contribution in [2.45, 2.75) is 25.3 Å². The maximum Gasteiger partial charge on any atom is 0.402 e. The molecule has 0 aromatic rings. The van der Waals surface area contributed by atoms with E-state index in [-0.39, 0.29) is 0 Å². The van der Waals surface area contributed by atoms with Crippen LogP contribution in [0, 0.1) is 5.92 Å². The van der Waals surface area contributed by atoms with E-state index in [0.717, 1.165) is 0 Å². The molecule has 8 heteroatoms. The van der Waals surface area contributed by atoms with Crippen molar-refractivity contribution < 1.29 is 31.5 Å². The first-order valence-corrected chi connectivity index (χ1v) is 5.70. The number of sulfone groups is 1. The summed E-state index contributed by atoms with van der Waals surface area (Å²) in [6, 6.07) is 0. The monoisotopic (exact) mass is 248 g/mol. The van der Waals surface area contributed by atoms with Crippen molar-refractivity contribution in [2.75, 3.05) is 5.75 Å². The zero-order chi connectivity index (χ0) is 12.4. The number of carbonyl (C=O) groups is 1. The summed E-state index contributed by atoms with van der Waals surface area (Å²) < 4.78 is 57.9. The summed E-state index contributed by atoms with van der Waals surface area (Å²) >= 11 is 0. The largest absolute Gasteiger partial charge is 0.480 e. The maximum atomic E-state index is 11.9. The van der Waals surface area contributed by atoms with Crippen molar-refractivity contribution in [3.8, 4) is 0 Å². The molecule has 15 heavy (non-hydrogen) atoms. The molecule has 0 aliphatic heterocycles. The minimum atomic E-state index is -4.92. The van der Waals surface area contributed by atoms with Crippen molar-refractivity contribution in [2.24, 2.45) is 5.92 Å². The number of hydrogen-bond acceptors (Lipinski definition) is 3. The van der Waals surface area contributed by atoms with Gasteiger partial charge in [-0.2, -0.15) is 13.2 Å². The van der Waals surface area contributed by atoms with Gasteiger partial charge in [-0.1, -0.05) is 13.8 Å². The van der Waals surface area contributed by atoms with Crippen LogP contribution in [-0.2, 0) is 14.6 Å². The standard InChI is InChI=1S/C7H11F3O4S/c1-4(2)5(6(11)12)15(13,14)3-7(8,9)10/h4-5H,3H2,1-2H3,(H,11,12). The third-order valence-electron chi connectivity index (χ3n) is 1.60. The Hall–Kier alpha value is -0.790. The van der Waals surface area contributed by atoms with E-state index in [1.807, 2.05) is 0 Å². The van der Waals surface area contributed by atoms with E-state index in [4.69, 9.17) is 5.11 Å². The Morgan fingerprint density at radius 2 is 1.73 bits per heavy atom. The quantitative estimate of drug-likeness (QED) is 0.807. The molecule has 0 aromatic carbocycles. The summed E-state index contributed by atoms with van der Waals surface area (Å²) in [6.07, 6.45) is -4.92. The van der Waals surface area contributed by atoms with Crippen molar-refractivity contribution >= 4 is 15.8 Å². The lowest BCUT2D eigenvalue weighted by Gasteiger charge is -2.17. The van der Waals surface area contributed by atoms with Gasteiger partial charge in [-0.25, -0.2) is 8.42 Å². The smallest absolute Gasteiger partial charge is 0.402 e. The molecule has 0 spiro atoms. The van der Waals surface area contributed by atoms with E-state index in [9.17, 15) is 26.4 Å². The number of carboxylic acids is 1. The molecule has 90 valence electrons. The third kappa shape index (κ3) is 4.50. The Bertz CT molecular complexity index is 331. The Kier molecular flexibility index (Phi) is 4.15. The molecular weight excluding hydrogens is 237 g/mol. The van der Waals surface area contributed by atoms with Crippen molar-refractivity contribution in [1.29, 1.82) is 0 Å². The highest BCUT2D eigenvalue weighted by Gasteiger charge is 2.43. The lowest BCUT2D eigenvalue weighted by atomic mass is 10.1. The van der Waals surface area contributed by atoms with Crippen molar-refractivity contribution in [3.63, 3.8) is 0 Å². The average molecular weight is 248 g/mol. The van der Waals surface area contributed by atoms with Gasteiger partial charge in [-0.15, -0.1) is 0 Å². The first-order valence-electron chi connectivity index (χ1n) is 3.98. The predicted octanol–water partition coefficient (Wildman–Crippen LogP) is 1.07. The lowest BCUT2D eigenvalue weighted by Crippen LogP contribution is -2.40. The summed E-state index contributed by atoms with van der Waals surface area (Å²) in [5.41, 5.74) is 0. The van der Waals surface area contributed by atoms with Crippen LogP contribution in [0.3, 0.4) is 0 Å². The second-order valence-corrected chi connectivity index (χ2v) is 5.55. The van der Waals surface area contributed by atoms with Gasteiger partial charge in [0.2, 0.25) is 0 Å². The third-order valence-corrected chi connectivity index (χ3v) is 3.85. The summed E-state index contributed by atoms with van der Waals surface area (Å²) in [5, 5.41) is 6.51. The fourth-order valence-electron chi connectivity index (χ4n) is 1.17. The van der Waals surface area contributed by atoms with Crippen LogP contribution in [0.25, 0.3) is 0 Å². The highest BCUT2D eigenvalue weighted by molar-refractivity contribution is 7.92. The normalized spacial score (nSPS) is 15.3. The molecular formula is C7H11F3O4S. The van der Waals surface area contributed by atoms with Gasteiger partial charge in [0.1, 0.15) is 5.75 Å². The number of alkyl halides is 3. The fraction of sp³-hybridized carbons (Fsp3) is 0.857. The first kappa shape index (κ1) is 14.2. The molecule has 0 rings (SSSR count). The molecule has 1 unspecified atom stereocenters. The summed E-state index contributed by atoms with van der Waals surface area (Å²) in [5.74, 6) is -4.76. The highest BCUT2D eigenvalue weighted by Crippen LogP contribution is 2.23. The second-order valence-electron chi connectivity index (χ2n) is 3.43. The van der Waals surface area contributed by atoms with Crippen LogP contribution < -0.4 is 0 Å². The molecule has 1 atom stereocenters. The van der Waals surface area contributed by atoms with Crippen LogP contribution in [0.15, 0.2) is 0 Å². The summed E-state index contributed by atoms with van der Waals surface area (Å²) in [4.78, 5) is 10.5. The maximum absolute atomic E-state index is 11.9. The predicted molar refractivity (Wildman–Crippen MR) is 46.1 cm³/mol. The molecule has 0 saturated heterocycles. The topological polar surface area (TPSA) is 71.4 Å². The molecule has 0 fully saturated rings. The van der Waals surface area contributed by atoms with Gasteiger partial charge in [0.25, 0.3) is 0 Å². The summed E-state index contributed by atoms with van der Waals surface area (Å²) in [6.45, 7) is 2.49. The minimum Gasteiger partial charge on any atom is -0.480 e. The molecule has 0 bridgehead atoms. The van der Waals surface area contributed by atoms with Crippen LogP contribution in [-0.4, -0.2) is 36.7 Å². The van der Waals surface area contributed by atoms with Crippen LogP contribution in [0.2, 0.25) is 0 Å². The fourth-order valence-corrected chi connectivity index (χ4v) is 2.94. The van der Waals surface area contributed by atoms with Gasteiger partial charge in [0, 0.05) is 0 Å². The molecule has 0 aromatic heterocycles. The molecule has 0 aliphatic rings. The van der Waals surface area contributed by atoms with E-state index < -0.39 is 38.9 Å². The van der Waals surface area contributed by atoms with E-state index in [1.165, 1.54) is 13.8 Å². The molecule has 1 N–H and O–H groups in total. The molecule has 0 heterocycles. The van der Waals surface area contributed by atoms with Gasteiger partial charge in [0.15, 0.2) is 15.1 Å². The molecule has 0 aliphatic carbocycles. The Labute approximate surface area is 85.0 Å². The average Bonchev–Trinajstić information content (AvgIpc) is 1.74. The van der Waals surface area contributed by atoms with E-state index in [1.54, 1.807) is 0 Å². The molecule has 0 amide bonds. The van der Waals surface area contributed by atoms with Gasteiger partial charge in [0.05, 0.1) is 0 Å². The van der Waals surface area contributed by atoms with E-state index in [0.29, 0.717) is 0 Å². The Morgan fingerprint density at radius 1 is 1.33 bits per heavy atom. The molecule has 4 nitrogen and oxygen atoms in total. The Balaban J connectivity index is 5.08. The highest BCUT2D eigenvalue weighted by atomic mass is 32.2. The van der Waals surface area contributed by atoms with Gasteiger partial charge < -0.3 is 5.11 Å². The van der Waals surface area contributed by atoms with Crippen LogP contribution >= 0.6 is 0 Å². The Morgan fingerprint density at radius 3 is 1.93 bits per heavy atom. The number of halogens is 3. The first-order chi connectivity index (χ1) is 6.47.